The lowest BCUT2D eigenvalue weighted by Gasteiger charge is -2.42. The fourth-order valence-electron chi connectivity index (χ4n) is 10.1. The molecule has 1 saturated heterocycles. The topological polar surface area (TPSA) is 102 Å². The van der Waals surface area contributed by atoms with Crippen LogP contribution in [0.3, 0.4) is 0 Å². The normalized spacial score (nSPS) is 14.0. The third kappa shape index (κ3) is 43.9. The quantitative estimate of drug-likeness (QED) is 0.0332. The van der Waals surface area contributed by atoms with Gasteiger partial charge in [-0.1, -0.05) is 207 Å². The Kier molecular flexibility index (Phi) is 50.7. The van der Waals surface area contributed by atoms with Crippen molar-refractivity contribution in [2.45, 2.75) is 310 Å². The van der Waals surface area contributed by atoms with Crippen LogP contribution in [0.5, 0.6) is 0 Å². The molecule has 1 aliphatic heterocycles. The minimum Gasteiger partial charge on any atom is -0.466 e. The Bertz CT molecular complexity index is 1020. The van der Waals surface area contributed by atoms with Crippen LogP contribution in [0, 0.1) is 5.41 Å². The second-order valence-corrected chi connectivity index (χ2v) is 21.8. The second kappa shape index (κ2) is 53.1. The number of carbonyl (C=O) groups is 2. The highest BCUT2D eigenvalue weighted by molar-refractivity contribution is 5.69. The molecule has 10 nitrogen and oxygen atoms in total. The van der Waals surface area contributed by atoms with Gasteiger partial charge in [0.2, 0.25) is 0 Å². The standard InChI is InChI=1S/C62H121NO9/c1-6-10-14-18-22-26-30-35-52-69-60(70-53-36-31-27-23-19-15-11-7-2)42-40-58(64)67-56-46-62(44-49-63(50-45-62)48-34-39-51-66-5)47-57-68-59(65)41-43-61(71-54-37-32-28-24-20-16-12-8-3)72-55-38-33-29-25-21-17-13-9-4/h60-61H,6-57H2,1-5H3. The molecule has 0 amide bonds. The van der Waals surface area contributed by atoms with Crippen molar-refractivity contribution < 1.29 is 42.7 Å². The monoisotopic (exact) mass is 1020 g/mol. The van der Waals surface area contributed by atoms with Gasteiger partial charge in [0.25, 0.3) is 0 Å². The fraction of sp³-hybridized carbons (Fsp3) is 0.968. The summed E-state index contributed by atoms with van der Waals surface area (Å²) in [4.78, 5) is 29.1. The molecule has 0 N–H and O–H groups in total. The zero-order valence-electron chi connectivity index (χ0n) is 48.5. The van der Waals surface area contributed by atoms with E-state index < -0.39 is 0 Å². The number of methoxy groups -OCH3 is 1. The van der Waals surface area contributed by atoms with Gasteiger partial charge in [-0.25, -0.2) is 0 Å². The lowest BCUT2D eigenvalue weighted by molar-refractivity contribution is -0.160. The first-order valence-electron chi connectivity index (χ1n) is 31.4. The first-order valence-corrected chi connectivity index (χ1v) is 31.4. The summed E-state index contributed by atoms with van der Waals surface area (Å²) < 4.78 is 42.3. The number of carbonyl (C=O) groups excluding carboxylic acids is 2. The van der Waals surface area contributed by atoms with Gasteiger partial charge in [0.05, 0.1) is 26.1 Å². The number of hydrogen-bond acceptors (Lipinski definition) is 10. The van der Waals surface area contributed by atoms with Gasteiger partial charge in [-0.05, 0) is 89.3 Å². The summed E-state index contributed by atoms with van der Waals surface area (Å²) in [6.45, 7) is 16.3. The average molecular weight is 1020 g/mol. The molecule has 0 atom stereocenters. The number of nitrogens with zero attached hydrogens (tertiary/aromatic N) is 1. The van der Waals surface area contributed by atoms with E-state index in [-0.39, 0.29) is 42.8 Å². The molecule has 0 radical (unpaired) electrons. The predicted molar refractivity (Wildman–Crippen MR) is 301 cm³/mol. The molecular formula is C62H121NO9. The number of esters is 2. The molecule has 1 aliphatic rings. The Hall–Kier alpha value is -1.30. The van der Waals surface area contributed by atoms with Crippen molar-refractivity contribution in [2.24, 2.45) is 5.41 Å². The van der Waals surface area contributed by atoms with Crippen LogP contribution in [0.15, 0.2) is 0 Å². The van der Waals surface area contributed by atoms with Crippen LogP contribution in [0.1, 0.15) is 297 Å². The largest absolute Gasteiger partial charge is 0.466 e. The van der Waals surface area contributed by atoms with E-state index in [0.29, 0.717) is 52.5 Å². The van der Waals surface area contributed by atoms with Crippen LogP contribution in [-0.4, -0.2) is 102 Å². The van der Waals surface area contributed by atoms with Crippen LogP contribution in [0.2, 0.25) is 0 Å². The van der Waals surface area contributed by atoms with Gasteiger partial charge in [0.1, 0.15) is 0 Å². The van der Waals surface area contributed by atoms with Gasteiger partial charge in [-0.2, -0.15) is 0 Å². The summed E-state index contributed by atoms with van der Waals surface area (Å²) in [5.74, 6) is -0.375. The first-order chi connectivity index (χ1) is 35.4. The highest BCUT2D eigenvalue weighted by atomic mass is 16.7. The van der Waals surface area contributed by atoms with E-state index in [1.807, 2.05) is 0 Å². The minimum absolute atomic E-state index is 0.0505. The summed E-state index contributed by atoms with van der Waals surface area (Å²) in [7, 11) is 1.77. The third-order valence-electron chi connectivity index (χ3n) is 15.2. The van der Waals surface area contributed by atoms with Crippen molar-refractivity contribution in [3.05, 3.63) is 0 Å². The van der Waals surface area contributed by atoms with E-state index in [9.17, 15) is 9.59 Å². The molecule has 0 aliphatic carbocycles. The summed E-state index contributed by atoms with van der Waals surface area (Å²) in [5.41, 5.74) is -0.0505. The van der Waals surface area contributed by atoms with Gasteiger partial charge in [0, 0.05) is 53.0 Å². The number of rotatable bonds is 57. The maximum absolute atomic E-state index is 13.3. The fourth-order valence-corrected chi connectivity index (χ4v) is 10.1. The first kappa shape index (κ1) is 68.7. The Labute approximate surface area is 446 Å². The maximum Gasteiger partial charge on any atom is 0.305 e. The van der Waals surface area contributed by atoms with Crippen molar-refractivity contribution in [3.8, 4) is 0 Å². The van der Waals surface area contributed by atoms with Gasteiger partial charge < -0.3 is 38.1 Å². The Morgan fingerprint density at radius 2 is 0.681 bits per heavy atom. The average Bonchev–Trinajstić information content (AvgIpc) is 3.38. The SMILES string of the molecule is CCCCCCCCCCOC(CCC(=O)OCCC1(CCOC(=O)CCC(OCCCCCCCCCC)OCCCCCCCCCC)CCN(CCCCOC)CC1)OCCCCCCCCCC. The highest BCUT2D eigenvalue weighted by Crippen LogP contribution is 2.39. The number of piperidine rings is 1. The van der Waals surface area contributed by atoms with Gasteiger partial charge >= 0.3 is 11.9 Å². The summed E-state index contributed by atoms with van der Waals surface area (Å²) in [6, 6.07) is 0. The lowest BCUT2D eigenvalue weighted by Crippen LogP contribution is -2.42. The Balaban J connectivity index is 2.72. The lowest BCUT2D eigenvalue weighted by atomic mass is 9.73. The van der Waals surface area contributed by atoms with E-state index in [4.69, 9.17) is 33.2 Å². The van der Waals surface area contributed by atoms with E-state index in [2.05, 4.69) is 32.6 Å². The van der Waals surface area contributed by atoms with Gasteiger partial charge in [-0.3, -0.25) is 9.59 Å². The minimum atomic E-state index is -0.376. The molecule has 0 aromatic carbocycles. The van der Waals surface area contributed by atoms with Crippen molar-refractivity contribution in [1.29, 1.82) is 0 Å². The van der Waals surface area contributed by atoms with E-state index in [0.717, 1.165) is 90.4 Å². The van der Waals surface area contributed by atoms with Crippen LogP contribution < -0.4 is 0 Å². The molecule has 428 valence electrons. The summed E-state index contributed by atoms with van der Waals surface area (Å²) >= 11 is 0. The number of hydrogen-bond donors (Lipinski definition) is 0. The molecule has 0 bridgehead atoms. The van der Waals surface area contributed by atoms with Gasteiger partial charge in [-0.15, -0.1) is 0 Å². The molecule has 1 fully saturated rings. The predicted octanol–water partition coefficient (Wildman–Crippen LogP) is 17.2. The van der Waals surface area contributed by atoms with Crippen LogP contribution >= 0.6 is 0 Å². The number of likely N-dealkylation sites (tertiary alicyclic amines) is 1. The van der Waals surface area contributed by atoms with Crippen molar-refractivity contribution >= 4 is 11.9 Å². The van der Waals surface area contributed by atoms with E-state index in [1.165, 1.54) is 180 Å². The van der Waals surface area contributed by atoms with Crippen molar-refractivity contribution in [1.82, 2.24) is 4.90 Å². The molecule has 72 heavy (non-hydrogen) atoms. The zero-order valence-corrected chi connectivity index (χ0v) is 48.5. The number of ether oxygens (including phenoxy) is 7. The third-order valence-corrected chi connectivity index (χ3v) is 15.2. The number of unbranched alkanes of at least 4 members (excludes halogenated alkanes) is 29. The van der Waals surface area contributed by atoms with Crippen LogP contribution in [0.4, 0.5) is 0 Å². The van der Waals surface area contributed by atoms with Crippen LogP contribution in [-0.2, 0) is 42.7 Å². The molecule has 0 aromatic rings. The molecule has 0 saturated carbocycles. The molecule has 10 heteroatoms. The van der Waals surface area contributed by atoms with Crippen molar-refractivity contribution in [2.75, 3.05) is 73.0 Å². The second-order valence-electron chi connectivity index (χ2n) is 21.8. The smallest absolute Gasteiger partial charge is 0.305 e. The molecule has 1 heterocycles. The van der Waals surface area contributed by atoms with E-state index in [1.54, 1.807) is 7.11 Å². The molecule has 0 aromatic heterocycles. The summed E-state index contributed by atoms with van der Waals surface area (Å²) in [6.07, 6.45) is 46.7. The molecule has 1 rings (SSSR count). The molecule has 0 spiro atoms. The van der Waals surface area contributed by atoms with Crippen LogP contribution in [0.25, 0.3) is 0 Å². The van der Waals surface area contributed by atoms with Crippen molar-refractivity contribution in [3.63, 3.8) is 0 Å². The van der Waals surface area contributed by atoms with E-state index >= 15 is 0 Å². The maximum atomic E-state index is 13.3. The summed E-state index contributed by atoms with van der Waals surface area (Å²) in [5, 5.41) is 0. The highest BCUT2D eigenvalue weighted by Gasteiger charge is 2.35. The Morgan fingerprint density at radius 1 is 0.389 bits per heavy atom. The van der Waals surface area contributed by atoms with Gasteiger partial charge in [0.15, 0.2) is 12.6 Å². The Morgan fingerprint density at radius 3 is 0.986 bits per heavy atom. The zero-order chi connectivity index (χ0) is 52.1. The molecular weight excluding hydrogens is 903 g/mol. The molecule has 0 unspecified atom stereocenters.